The number of pyridine rings is 1. The molecule has 98 valence electrons. The Morgan fingerprint density at radius 2 is 2.17 bits per heavy atom. The molecule has 0 bridgehead atoms. The van der Waals surface area contributed by atoms with E-state index in [1.165, 1.54) is 0 Å². The molecule has 2 aliphatic rings. The highest BCUT2D eigenvalue weighted by molar-refractivity contribution is 5.10. The van der Waals surface area contributed by atoms with Crippen LogP contribution in [0.25, 0.3) is 0 Å². The maximum atomic E-state index is 5.79. The number of ether oxygens (including phenoxy) is 2. The Labute approximate surface area is 108 Å². The van der Waals surface area contributed by atoms with Crippen molar-refractivity contribution < 1.29 is 9.47 Å². The lowest BCUT2D eigenvalue weighted by atomic mass is 10.0. The number of likely N-dealkylation sites (tertiary alicyclic amines) is 1. The highest BCUT2D eigenvalue weighted by atomic mass is 16.7. The molecule has 18 heavy (non-hydrogen) atoms. The molecule has 0 aromatic carbocycles. The van der Waals surface area contributed by atoms with E-state index in [4.69, 9.17) is 9.47 Å². The third kappa shape index (κ3) is 2.55. The van der Waals surface area contributed by atoms with E-state index < -0.39 is 0 Å². The van der Waals surface area contributed by atoms with E-state index in [9.17, 15) is 0 Å². The highest BCUT2D eigenvalue weighted by Gasteiger charge is 2.40. The molecule has 1 aromatic heterocycles. The van der Waals surface area contributed by atoms with Crippen LogP contribution >= 0.6 is 0 Å². The summed E-state index contributed by atoms with van der Waals surface area (Å²) in [6.45, 7) is 6.35. The fraction of sp³-hybridized carbons (Fsp3) is 0.643. The van der Waals surface area contributed by atoms with Crippen LogP contribution in [0.2, 0.25) is 0 Å². The predicted molar refractivity (Wildman–Crippen MR) is 68.1 cm³/mol. The Kier molecular flexibility index (Phi) is 3.33. The smallest absolute Gasteiger partial charge is 0.181 e. The van der Waals surface area contributed by atoms with Crippen molar-refractivity contribution in [2.75, 3.05) is 26.3 Å². The number of aromatic nitrogens is 1. The van der Waals surface area contributed by atoms with Gasteiger partial charge in [-0.05, 0) is 32.0 Å². The van der Waals surface area contributed by atoms with Crippen LogP contribution < -0.4 is 0 Å². The Morgan fingerprint density at radius 3 is 2.94 bits per heavy atom. The zero-order chi connectivity index (χ0) is 12.4. The van der Waals surface area contributed by atoms with Gasteiger partial charge in [-0.1, -0.05) is 6.07 Å². The first-order valence-electron chi connectivity index (χ1n) is 6.69. The van der Waals surface area contributed by atoms with Gasteiger partial charge in [-0.15, -0.1) is 0 Å². The summed E-state index contributed by atoms with van der Waals surface area (Å²) < 4.78 is 11.6. The van der Waals surface area contributed by atoms with Gasteiger partial charge in [0, 0.05) is 18.7 Å². The average molecular weight is 248 g/mol. The van der Waals surface area contributed by atoms with E-state index >= 15 is 0 Å². The summed E-state index contributed by atoms with van der Waals surface area (Å²) in [5.41, 5.74) is 2.21. The molecular formula is C14H20N2O2. The van der Waals surface area contributed by atoms with Crippen molar-refractivity contribution in [3.8, 4) is 0 Å². The second kappa shape index (κ2) is 4.96. The third-order valence-electron chi connectivity index (χ3n) is 3.64. The molecular weight excluding hydrogens is 228 g/mol. The van der Waals surface area contributed by atoms with Crippen molar-refractivity contribution in [2.45, 2.75) is 32.1 Å². The molecule has 0 radical (unpaired) electrons. The number of piperidine rings is 1. The minimum absolute atomic E-state index is 0.331. The van der Waals surface area contributed by atoms with E-state index in [0.717, 1.165) is 57.1 Å². The first-order chi connectivity index (χ1) is 8.76. The molecule has 4 nitrogen and oxygen atoms in total. The zero-order valence-corrected chi connectivity index (χ0v) is 10.9. The lowest BCUT2D eigenvalue weighted by molar-refractivity contribution is -0.190. The van der Waals surface area contributed by atoms with Crippen LogP contribution in [-0.2, 0) is 16.0 Å². The molecule has 1 spiro atoms. The Hall–Kier alpha value is -0.970. The number of hydrogen-bond donors (Lipinski definition) is 0. The zero-order valence-electron chi connectivity index (χ0n) is 10.9. The molecule has 3 heterocycles. The molecule has 2 aliphatic heterocycles. The van der Waals surface area contributed by atoms with Crippen molar-refractivity contribution in [1.29, 1.82) is 0 Å². The Balaban J connectivity index is 1.66. The van der Waals surface area contributed by atoms with Crippen molar-refractivity contribution in [2.24, 2.45) is 0 Å². The van der Waals surface area contributed by atoms with Gasteiger partial charge < -0.3 is 9.47 Å². The van der Waals surface area contributed by atoms with E-state index in [-0.39, 0.29) is 5.79 Å². The molecule has 0 unspecified atom stereocenters. The molecule has 3 rings (SSSR count). The summed E-state index contributed by atoms with van der Waals surface area (Å²) in [5.74, 6) is -0.331. The van der Waals surface area contributed by atoms with Crippen molar-refractivity contribution in [3.63, 3.8) is 0 Å². The van der Waals surface area contributed by atoms with E-state index in [1.807, 2.05) is 13.0 Å². The van der Waals surface area contributed by atoms with Gasteiger partial charge in [0.15, 0.2) is 5.79 Å². The maximum Gasteiger partial charge on any atom is 0.181 e. The van der Waals surface area contributed by atoms with Gasteiger partial charge >= 0.3 is 0 Å². The van der Waals surface area contributed by atoms with Crippen molar-refractivity contribution in [1.82, 2.24) is 9.88 Å². The lowest BCUT2D eigenvalue weighted by Gasteiger charge is -2.38. The first-order valence-corrected chi connectivity index (χ1v) is 6.69. The number of rotatable bonds is 2. The van der Waals surface area contributed by atoms with Crippen LogP contribution in [0.5, 0.6) is 0 Å². The highest BCUT2D eigenvalue weighted by Crippen LogP contribution is 2.30. The molecule has 0 amide bonds. The predicted octanol–water partition coefficient (Wildman–Crippen LogP) is 1.73. The lowest BCUT2D eigenvalue weighted by Crippen LogP contribution is -2.48. The van der Waals surface area contributed by atoms with E-state index in [1.54, 1.807) is 0 Å². The topological polar surface area (TPSA) is 34.6 Å². The van der Waals surface area contributed by atoms with Gasteiger partial charge in [-0.3, -0.25) is 9.88 Å². The fourth-order valence-corrected chi connectivity index (χ4v) is 2.86. The van der Waals surface area contributed by atoms with E-state index in [0.29, 0.717) is 0 Å². The second-order valence-electron chi connectivity index (χ2n) is 5.19. The quantitative estimate of drug-likeness (QED) is 0.798. The van der Waals surface area contributed by atoms with Crippen LogP contribution in [0.15, 0.2) is 18.2 Å². The van der Waals surface area contributed by atoms with Crippen LogP contribution in [0.1, 0.15) is 24.2 Å². The SMILES string of the molecule is Cc1cccc(CN2CCCC3(C2)OCCO3)n1. The summed E-state index contributed by atoms with van der Waals surface area (Å²) in [7, 11) is 0. The average Bonchev–Trinajstić information content (AvgIpc) is 2.77. The summed E-state index contributed by atoms with van der Waals surface area (Å²) in [6, 6.07) is 6.19. The fourth-order valence-electron chi connectivity index (χ4n) is 2.86. The van der Waals surface area contributed by atoms with Crippen molar-refractivity contribution in [3.05, 3.63) is 29.6 Å². The molecule has 2 saturated heterocycles. The standard InChI is InChI=1S/C14H20N2O2/c1-12-4-2-5-13(15-12)10-16-7-3-6-14(11-16)17-8-9-18-14/h2,4-5H,3,6-11H2,1H3. The van der Waals surface area contributed by atoms with Gasteiger partial charge in [0.2, 0.25) is 0 Å². The number of aryl methyl sites for hydroxylation is 1. The van der Waals surface area contributed by atoms with Crippen LogP contribution in [0.3, 0.4) is 0 Å². The van der Waals surface area contributed by atoms with E-state index in [2.05, 4.69) is 22.0 Å². The molecule has 0 aliphatic carbocycles. The third-order valence-corrected chi connectivity index (χ3v) is 3.64. The summed E-state index contributed by atoms with van der Waals surface area (Å²) in [4.78, 5) is 6.94. The molecule has 2 fully saturated rings. The van der Waals surface area contributed by atoms with Gasteiger partial charge in [0.25, 0.3) is 0 Å². The molecule has 0 saturated carbocycles. The van der Waals surface area contributed by atoms with Gasteiger partial charge in [-0.25, -0.2) is 0 Å². The van der Waals surface area contributed by atoms with Crippen LogP contribution in [-0.4, -0.2) is 42.0 Å². The maximum absolute atomic E-state index is 5.79. The van der Waals surface area contributed by atoms with Crippen LogP contribution in [0.4, 0.5) is 0 Å². The second-order valence-corrected chi connectivity index (χ2v) is 5.19. The van der Waals surface area contributed by atoms with Crippen molar-refractivity contribution >= 4 is 0 Å². The molecule has 4 heteroatoms. The molecule has 0 N–H and O–H groups in total. The Morgan fingerprint density at radius 1 is 1.33 bits per heavy atom. The summed E-state index contributed by atoms with van der Waals surface area (Å²) in [6.07, 6.45) is 2.15. The Bertz CT molecular complexity index is 416. The minimum atomic E-state index is -0.331. The van der Waals surface area contributed by atoms with Gasteiger partial charge in [-0.2, -0.15) is 0 Å². The number of nitrogens with zero attached hydrogens (tertiary/aromatic N) is 2. The molecule has 1 aromatic rings. The number of hydrogen-bond acceptors (Lipinski definition) is 4. The van der Waals surface area contributed by atoms with Crippen LogP contribution in [0, 0.1) is 6.92 Å². The molecule has 0 atom stereocenters. The minimum Gasteiger partial charge on any atom is -0.346 e. The largest absolute Gasteiger partial charge is 0.346 e. The summed E-state index contributed by atoms with van der Waals surface area (Å²) >= 11 is 0. The normalized spacial score (nSPS) is 23.6. The monoisotopic (exact) mass is 248 g/mol. The van der Waals surface area contributed by atoms with Gasteiger partial charge in [0.05, 0.1) is 25.5 Å². The summed E-state index contributed by atoms with van der Waals surface area (Å²) in [5, 5.41) is 0. The van der Waals surface area contributed by atoms with Gasteiger partial charge in [0.1, 0.15) is 0 Å². The first kappa shape index (κ1) is 12.1.